The Kier molecular flexibility index (Phi) is 3.96. The second-order valence-electron chi connectivity index (χ2n) is 3.82. The van der Waals surface area contributed by atoms with Gasteiger partial charge >= 0.3 is 0 Å². The van der Waals surface area contributed by atoms with Gasteiger partial charge in [-0.15, -0.1) is 0 Å². The lowest BCUT2D eigenvalue weighted by molar-refractivity contribution is 0.0766. The molecule has 1 heterocycles. The van der Waals surface area contributed by atoms with E-state index in [4.69, 9.17) is 0 Å². The topological polar surface area (TPSA) is 34.4 Å². The summed E-state index contributed by atoms with van der Waals surface area (Å²) < 4.78 is 0.995. The van der Waals surface area contributed by atoms with Crippen molar-refractivity contribution in [3.05, 3.63) is 34.3 Å². The summed E-state index contributed by atoms with van der Waals surface area (Å²) in [7, 11) is 0. The summed E-state index contributed by atoms with van der Waals surface area (Å²) in [4.78, 5) is 14.0. The van der Waals surface area contributed by atoms with Gasteiger partial charge in [-0.25, -0.2) is 5.32 Å². The fourth-order valence-electron chi connectivity index (χ4n) is 1.77. The van der Waals surface area contributed by atoms with Crippen LogP contribution in [0.15, 0.2) is 28.7 Å². The summed E-state index contributed by atoms with van der Waals surface area (Å²) in [6, 6.07) is 7.51. The van der Waals surface area contributed by atoms with Crippen LogP contribution in [0.2, 0.25) is 0 Å². The van der Waals surface area contributed by atoms with Crippen molar-refractivity contribution >= 4 is 21.8 Å². The Morgan fingerprint density at radius 2 is 1.94 bits per heavy atom. The minimum atomic E-state index is 0.115. The van der Waals surface area contributed by atoms with Crippen molar-refractivity contribution in [2.24, 2.45) is 0 Å². The molecule has 1 radical (unpaired) electrons. The lowest BCUT2D eigenvalue weighted by atomic mass is 10.2. The number of halogens is 1. The summed E-state index contributed by atoms with van der Waals surface area (Å²) in [5, 5.41) is 4.31. The van der Waals surface area contributed by atoms with Gasteiger partial charge in [0, 0.05) is 36.2 Å². The Labute approximate surface area is 104 Å². The molecule has 16 heavy (non-hydrogen) atoms. The number of hydrogen-bond donors (Lipinski definition) is 0. The van der Waals surface area contributed by atoms with Crippen LogP contribution in [0.3, 0.4) is 0 Å². The van der Waals surface area contributed by atoms with Gasteiger partial charge in [0.05, 0.1) is 0 Å². The molecule has 0 aliphatic carbocycles. The third-order valence-corrected chi connectivity index (χ3v) is 3.18. The second kappa shape index (κ2) is 5.46. The van der Waals surface area contributed by atoms with E-state index in [1.807, 2.05) is 29.2 Å². The van der Waals surface area contributed by atoms with E-state index in [1.54, 1.807) is 0 Å². The van der Waals surface area contributed by atoms with Crippen molar-refractivity contribution in [2.75, 3.05) is 26.2 Å². The highest BCUT2D eigenvalue weighted by molar-refractivity contribution is 9.10. The number of rotatable bonds is 1. The van der Waals surface area contributed by atoms with E-state index in [2.05, 4.69) is 21.2 Å². The Morgan fingerprint density at radius 3 is 2.69 bits per heavy atom. The highest BCUT2D eigenvalue weighted by Gasteiger charge is 2.16. The number of amides is 1. The van der Waals surface area contributed by atoms with Gasteiger partial charge in [0.1, 0.15) is 0 Å². The average Bonchev–Trinajstić information content (AvgIpc) is 2.57. The minimum absolute atomic E-state index is 0.115. The first-order valence-corrected chi connectivity index (χ1v) is 6.25. The average molecular weight is 282 g/mol. The fourth-order valence-corrected chi connectivity index (χ4v) is 2.03. The highest BCUT2D eigenvalue weighted by atomic mass is 79.9. The van der Waals surface area contributed by atoms with Gasteiger partial charge in [-0.3, -0.25) is 4.79 Å². The summed E-state index contributed by atoms with van der Waals surface area (Å²) in [6.45, 7) is 3.21. The zero-order chi connectivity index (χ0) is 11.4. The van der Waals surface area contributed by atoms with E-state index in [-0.39, 0.29) is 5.91 Å². The van der Waals surface area contributed by atoms with Gasteiger partial charge in [-0.1, -0.05) is 15.9 Å². The van der Waals surface area contributed by atoms with Crippen LogP contribution in [0.1, 0.15) is 16.8 Å². The molecule has 0 atom stereocenters. The molecule has 3 nitrogen and oxygen atoms in total. The van der Waals surface area contributed by atoms with Gasteiger partial charge in [-0.05, 0) is 30.7 Å². The Hall–Kier alpha value is -0.870. The van der Waals surface area contributed by atoms with E-state index in [0.29, 0.717) is 0 Å². The van der Waals surface area contributed by atoms with Crippen LogP contribution < -0.4 is 5.32 Å². The standard InChI is InChI=1S/C12H14BrN2O/c13-11-4-2-10(3-5-11)12(16)15-8-1-6-14-7-9-15/h2-5H,1,6-9H2. The molecule has 1 aromatic rings. The zero-order valence-corrected chi connectivity index (χ0v) is 10.6. The van der Waals surface area contributed by atoms with Crippen LogP contribution in [0.5, 0.6) is 0 Å². The molecule has 0 aromatic heterocycles. The number of nitrogens with zero attached hydrogens (tertiary/aromatic N) is 2. The highest BCUT2D eigenvalue weighted by Crippen LogP contribution is 2.12. The normalized spacial score (nSPS) is 16.9. The van der Waals surface area contributed by atoms with Crippen molar-refractivity contribution in [3.8, 4) is 0 Å². The van der Waals surface area contributed by atoms with Crippen LogP contribution in [-0.4, -0.2) is 37.0 Å². The number of carbonyl (C=O) groups is 1. The van der Waals surface area contributed by atoms with Crippen molar-refractivity contribution in [1.82, 2.24) is 10.2 Å². The first-order chi connectivity index (χ1) is 7.77. The third-order valence-electron chi connectivity index (χ3n) is 2.65. The van der Waals surface area contributed by atoms with E-state index < -0.39 is 0 Å². The predicted molar refractivity (Wildman–Crippen MR) is 66.5 cm³/mol. The second-order valence-corrected chi connectivity index (χ2v) is 4.74. The van der Waals surface area contributed by atoms with Crippen LogP contribution in [0, 0.1) is 0 Å². The van der Waals surface area contributed by atoms with Crippen molar-refractivity contribution in [1.29, 1.82) is 0 Å². The first-order valence-electron chi connectivity index (χ1n) is 5.45. The maximum absolute atomic E-state index is 12.1. The molecular weight excluding hydrogens is 268 g/mol. The zero-order valence-electron chi connectivity index (χ0n) is 9.03. The molecule has 1 aliphatic heterocycles. The predicted octanol–water partition coefficient (Wildman–Crippen LogP) is 1.90. The van der Waals surface area contributed by atoms with Crippen LogP contribution in [-0.2, 0) is 0 Å². The molecule has 4 heteroatoms. The van der Waals surface area contributed by atoms with Gasteiger partial charge in [-0.2, -0.15) is 0 Å². The van der Waals surface area contributed by atoms with Gasteiger partial charge in [0.15, 0.2) is 0 Å². The van der Waals surface area contributed by atoms with E-state index >= 15 is 0 Å². The maximum Gasteiger partial charge on any atom is 0.253 e. The van der Waals surface area contributed by atoms with Crippen LogP contribution in [0.4, 0.5) is 0 Å². The number of carbonyl (C=O) groups excluding carboxylic acids is 1. The third kappa shape index (κ3) is 2.83. The number of benzene rings is 1. The molecule has 85 valence electrons. The van der Waals surface area contributed by atoms with Crippen LogP contribution in [0.25, 0.3) is 0 Å². The Bertz CT molecular complexity index is 356. The van der Waals surface area contributed by atoms with Gasteiger partial charge in [0.2, 0.25) is 0 Å². The van der Waals surface area contributed by atoms with Gasteiger partial charge in [0.25, 0.3) is 5.91 Å². The molecule has 0 spiro atoms. The monoisotopic (exact) mass is 281 g/mol. The number of hydrogen-bond acceptors (Lipinski definition) is 1. The van der Waals surface area contributed by atoms with Crippen molar-refractivity contribution < 1.29 is 4.79 Å². The molecule has 1 aliphatic rings. The molecule has 1 saturated heterocycles. The Morgan fingerprint density at radius 1 is 1.19 bits per heavy atom. The van der Waals surface area contributed by atoms with E-state index in [0.717, 1.165) is 42.6 Å². The molecule has 1 fully saturated rings. The summed E-state index contributed by atoms with van der Waals surface area (Å²) in [6.07, 6.45) is 0.974. The molecule has 0 saturated carbocycles. The van der Waals surface area contributed by atoms with Crippen LogP contribution >= 0.6 is 15.9 Å². The Balaban J connectivity index is 2.08. The first kappa shape index (κ1) is 11.6. The molecule has 0 bridgehead atoms. The molecular formula is C12H14BrN2O. The summed E-state index contributed by atoms with van der Waals surface area (Å²) in [5.74, 6) is 0.115. The van der Waals surface area contributed by atoms with Crippen molar-refractivity contribution in [3.63, 3.8) is 0 Å². The quantitative estimate of drug-likeness (QED) is 0.774. The van der Waals surface area contributed by atoms with Crippen molar-refractivity contribution in [2.45, 2.75) is 6.42 Å². The molecule has 1 amide bonds. The molecule has 0 unspecified atom stereocenters. The SMILES string of the molecule is O=C(c1ccc(Br)cc1)N1CCC[N]CC1. The fraction of sp³-hybridized carbons (Fsp3) is 0.417. The lowest BCUT2D eigenvalue weighted by Crippen LogP contribution is -2.33. The minimum Gasteiger partial charge on any atom is -0.337 e. The summed E-state index contributed by atoms with van der Waals surface area (Å²) in [5.41, 5.74) is 0.755. The largest absolute Gasteiger partial charge is 0.337 e. The molecule has 1 aromatic carbocycles. The van der Waals surface area contributed by atoms with E-state index in [9.17, 15) is 4.79 Å². The van der Waals surface area contributed by atoms with Gasteiger partial charge < -0.3 is 4.90 Å². The van der Waals surface area contributed by atoms with E-state index in [1.165, 1.54) is 0 Å². The molecule has 2 rings (SSSR count). The smallest absolute Gasteiger partial charge is 0.253 e. The summed E-state index contributed by atoms with van der Waals surface area (Å²) >= 11 is 3.36. The molecule has 0 N–H and O–H groups in total. The maximum atomic E-state index is 12.1. The lowest BCUT2D eigenvalue weighted by Gasteiger charge is -2.19.